The first-order valence-corrected chi connectivity index (χ1v) is 10.8. The molecule has 1 aromatic heterocycles. The first kappa shape index (κ1) is 21.2. The number of H-pyrrole nitrogens is 1. The van der Waals surface area contributed by atoms with E-state index in [2.05, 4.69) is 17.2 Å². The average molecular weight is 401 g/mol. The molecule has 0 atom stereocenters. The van der Waals surface area contributed by atoms with Crippen molar-refractivity contribution in [3.05, 3.63) is 34.1 Å². The fourth-order valence-corrected chi connectivity index (χ4v) is 3.95. The minimum Gasteiger partial charge on any atom is -0.493 e. The number of aromatic amines is 1. The van der Waals surface area contributed by atoms with Gasteiger partial charge in [-0.15, -0.1) is 0 Å². The van der Waals surface area contributed by atoms with Crippen LogP contribution in [-0.4, -0.2) is 31.2 Å². The minimum absolute atomic E-state index is 0.135. The van der Waals surface area contributed by atoms with E-state index in [0.717, 1.165) is 37.5 Å². The number of aromatic nitrogens is 1. The molecule has 0 bridgehead atoms. The van der Waals surface area contributed by atoms with Crippen LogP contribution in [0.4, 0.5) is 0 Å². The van der Waals surface area contributed by atoms with Crippen molar-refractivity contribution in [3.8, 4) is 11.5 Å². The summed E-state index contributed by atoms with van der Waals surface area (Å²) in [4.78, 5) is 28.1. The van der Waals surface area contributed by atoms with Gasteiger partial charge in [-0.25, -0.2) is 0 Å². The summed E-state index contributed by atoms with van der Waals surface area (Å²) in [5, 5.41) is 3.69. The number of hydrogen-bond donors (Lipinski definition) is 2. The quantitative estimate of drug-likeness (QED) is 0.611. The molecule has 0 radical (unpaired) electrons. The summed E-state index contributed by atoms with van der Waals surface area (Å²) < 4.78 is 11.3. The van der Waals surface area contributed by atoms with E-state index in [1.165, 1.54) is 19.3 Å². The molecule has 1 aliphatic rings. The van der Waals surface area contributed by atoms with Gasteiger partial charge in [0.15, 0.2) is 11.5 Å². The van der Waals surface area contributed by atoms with Crippen molar-refractivity contribution in [2.24, 2.45) is 5.92 Å². The lowest BCUT2D eigenvalue weighted by Crippen LogP contribution is -2.33. The predicted molar refractivity (Wildman–Crippen MR) is 115 cm³/mol. The van der Waals surface area contributed by atoms with Gasteiger partial charge in [0.2, 0.25) is 0 Å². The van der Waals surface area contributed by atoms with Gasteiger partial charge in [0, 0.05) is 11.9 Å². The van der Waals surface area contributed by atoms with E-state index >= 15 is 0 Å². The topological polar surface area (TPSA) is 80.4 Å². The number of carbonyl (C=O) groups excluding carboxylic acids is 1. The molecule has 2 N–H and O–H groups in total. The monoisotopic (exact) mass is 400 g/mol. The van der Waals surface area contributed by atoms with Crippen LogP contribution in [0, 0.1) is 5.92 Å². The third-order valence-electron chi connectivity index (χ3n) is 5.67. The van der Waals surface area contributed by atoms with Crippen LogP contribution < -0.4 is 20.3 Å². The first-order valence-electron chi connectivity index (χ1n) is 10.8. The highest BCUT2D eigenvalue weighted by Gasteiger charge is 2.18. The van der Waals surface area contributed by atoms with Gasteiger partial charge in [-0.05, 0) is 43.4 Å². The van der Waals surface area contributed by atoms with Crippen molar-refractivity contribution in [2.75, 3.05) is 20.3 Å². The predicted octanol–water partition coefficient (Wildman–Crippen LogP) is 4.42. The van der Waals surface area contributed by atoms with Gasteiger partial charge in [0.1, 0.15) is 5.56 Å². The maximum Gasteiger partial charge on any atom is 0.261 e. The Labute approximate surface area is 172 Å². The van der Waals surface area contributed by atoms with Crippen molar-refractivity contribution in [3.63, 3.8) is 0 Å². The first-order chi connectivity index (χ1) is 14.1. The maximum absolute atomic E-state index is 12.6. The number of fused-ring (bicyclic) bond motifs is 1. The molecule has 1 aliphatic carbocycles. The number of carbonyl (C=O) groups is 1. The minimum atomic E-state index is -0.412. The highest BCUT2D eigenvalue weighted by Crippen LogP contribution is 2.34. The van der Waals surface area contributed by atoms with E-state index < -0.39 is 5.56 Å². The number of methoxy groups -OCH3 is 1. The van der Waals surface area contributed by atoms with Crippen LogP contribution in [0.25, 0.3) is 10.9 Å². The third kappa shape index (κ3) is 5.31. The standard InChI is InChI=1S/C23H32N2O4/c1-3-4-8-13-29-21-19(28-2)12-11-17-14-18(23(27)25-20(17)21)22(26)24-15-16-9-6-5-7-10-16/h11-12,14,16H,3-10,13,15H2,1-2H3,(H,24,26)(H,25,27). The van der Waals surface area contributed by atoms with Crippen LogP contribution in [0.2, 0.25) is 0 Å². The molecule has 0 saturated heterocycles. The van der Waals surface area contributed by atoms with Crippen LogP contribution in [-0.2, 0) is 0 Å². The average Bonchev–Trinajstić information content (AvgIpc) is 2.75. The summed E-state index contributed by atoms with van der Waals surface area (Å²) in [5.41, 5.74) is 0.287. The number of unbranched alkanes of at least 4 members (excludes halogenated alkanes) is 2. The van der Waals surface area contributed by atoms with Crippen LogP contribution in [0.1, 0.15) is 68.6 Å². The van der Waals surface area contributed by atoms with E-state index in [0.29, 0.717) is 36.1 Å². The van der Waals surface area contributed by atoms with Gasteiger partial charge in [0.05, 0.1) is 19.2 Å². The second-order valence-electron chi connectivity index (χ2n) is 7.84. The normalized spacial score (nSPS) is 14.7. The van der Waals surface area contributed by atoms with Crippen LogP contribution in [0.3, 0.4) is 0 Å². The summed E-state index contributed by atoms with van der Waals surface area (Å²) in [5.74, 6) is 1.28. The number of amides is 1. The summed E-state index contributed by atoms with van der Waals surface area (Å²) in [6, 6.07) is 5.28. The smallest absolute Gasteiger partial charge is 0.261 e. The van der Waals surface area contributed by atoms with E-state index in [9.17, 15) is 9.59 Å². The van der Waals surface area contributed by atoms with Crippen LogP contribution in [0.5, 0.6) is 11.5 Å². The molecular formula is C23H32N2O4. The molecule has 1 aromatic carbocycles. The lowest BCUT2D eigenvalue weighted by atomic mass is 9.89. The molecule has 6 heteroatoms. The van der Waals surface area contributed by atoms with E-state index in [1.54, 1.807) is 19.2 Å². The van der Waals surface area contributed by atoms with Crippen LogP contribution >= 0.6 is 0 Å². The van der Waals surface area contributed by atoms with E-state index in [-0.39, 0.29) is 11.5 Å². The highest BCUT2D eigenvalue weighted by atomic mass is 16.5. The number of pyridine rings is 1. The summed E-state index contributed by atoms with van der Waals surface area (Å²) in [6.45, 7) is 3.32. The molecule has 3 rings (SSSR count). The number of nitrogens with one attached hydrogen (secondary N) is 2. The van der Waals surface area contributed by atoms with Gasteiger partial charge in [0.25, 0.3) is 11.5 Å². The van der Waals surface area contributed by atoms with Crippen molar-refractivity contribution in [2.45, 2.75) is 58.3 Å². The molecule has 0 unspecified atom stereocenters. The Hall–Kier alpha value is -2.50. The summed E-state index contributed by atoms with van der Waals surface area (Å²) in [6.07, 6.45) is 9.13. The summed E-state index contributed by atoms with van der Waals surface area (Å²) in [7, 11) is 1.57. The van der Waals surface area contributed by atoms with Crippen molar-refractivity contribution in [1.82, 2.24) is 10.3 Å². The number of hydrogen-bond acceptors (Lipinski definition) is 4. The molecule has 29 heavy (non-hydrogen) atoms. The van der Waals surface area contributed by atoms with Gasteiger partial charge in [-0.1, -0.05) is 39.0 Å². The number of benzene rings is 1. The molecular weight excluding hydrogens is 368 g/mol. The largest absolute Gasteiger partial charge is 0.493 e. The number of ether oxygens (including phenoxy) is 2. The molecule has 158 valence electrons. The Kier molecular flexibility index (Phi) is 7.55. The fraction of sp³-hybridized carbons (Fsp3) is 0.565. The van der Waals surface area contributed by atoms with Crippen molar-refractivity contribution in [1.29, 1.82) is 0 Å². The Morgan fingerprint density at radius 3 is 2.72 bits per heavy atom. The lowest BCUT2D eigenvalue weighted by molar-refractivity contribution is 0.0942. The van der Waals surface area contributed by atoms with E-state index in [4.69, 9.17) is 9.47 Å². The molecule has 1 heterocycles. The molecule has 1 amide bonds. The SMILES string of the molecule is CCCCCOc1c(OC)ccc2cc(C(=O)NCC3CCCCC3)c(=O)[nH]c12. The zero-order valence-corrected chi connectivity index (χ0v) is 17.5. The lowest BCUT2D eigenvalue weighted by Gasteiger charge is -2.21. The van der Waals surface area contributed by atoms with Gasteiger partial charge in [-0.2, -0.15) is 0 Å². The molecule has 2 aromatic rings. The van der Waals surface area contributed by atoms with Crippen molar-refractivity contribution >= 4 is 16.8 Å². The van der Waals surface area contributed by atoms with Gasteiger partial charge in [-0.3, -0.25) is 9.59 Å². The third-order valence-corrected chi connectivity index (χ3v) is 5.67. The second kappa shape index (κ2) is 10.3. The van der Waals surface area contributed by atoms with Gasteiger partial charge < -0.3 is 19.8 Å². The molecule has 1 saturated carbocycles. The zero-order valence-electron chi connectivity index (χ0n) is 17.5. The molecule has 0 spiro atoms. The molecule has 0 aliphatic heterocycles. The Morgan fingerprint density at radius 1 is 1.21 bits per heavy atom. The van der Waals surface area contributed by atoms with Crippen LogP contribution in [0.15, 0.2) is 23.0 Å². The Bertz CT molecular complexity index is 884. The van der Waals surface area contributed by atoms with E-state index in [1.807, 2.05) is 6.07 Å². The van der Waals surface area contributed by atoms with Gasteiger partial charge >= 0.3 is 0 Å². The highest BCUT2D eigenvalue weighted by molar-refractivity contribution is 5.98. The maximum atomic E-state index is 12.6. The Balaban J connectivity index is 1.80. The zero-order chi connectivity index (χ0) is 20.6. The second-order valence-corrected chi connectivity index (χ2v) is 7.84. The van der Waals surface area contributed by atoms with Crippen molar-refractivity contribution < 1.29 is 14.3 Å². The summed E-state index contributed by atoms with van der Waals surface area (Å²) >= 11 is 0. The molecule has 6 nitrogen and oxygen atoms in total. The Morgan fingerprint density at radius 2 is 2.00 bits per heavy atom. The fourth-order valence-electron chi connectivity index (χ4n) is 3.95. The number of rotatable bonds is 9. The molecule has 1 fully saturated rings.